The van der Waals surface area contributed by atoms with E-state index >= 15 is 0 Å². The number of hydrogen-bond donors (Lipinski definition) is 2. The molecule has 0 fully saturated rings. The van der Waals surface area contributed by atoms with Crippen LogP contribution in [0.15, 0.2) is 59.7 Å². The molecule has 1 amide bonds. The van der Waals surface area contributed by atoms with E-state index < -0.39 is 17.4 Å². The van der Waals surface area contributed by atoms with Crippen LogP contribution in [-0.4, -0.2) is 26.5 Å². The fraction of sp³-hybridized carbons (Fsp3) is 0.273. The SMILES string of the molecule is CCC(NC(=O)CCn1cnc2c(C)cccc2c1=O)(C(=O)O)c1ccccc1. The molecule has 2 N–H and O–H groups in total. The van der Waals surface area contributed by atoms with E-state index in [0.29, 0.717) is 16.5 Å². The molecule has 1 aromatic heterocycles. The molecule has 29 heavy (non-hydrogen) atoms. The van der Waals surface area contributed by atoms with E-state index in [2.05, 4.69) is 10.3 Å². The summed E-state index contributed by atoms with van der Waals surface area (Å²) >= 11 is 0. The second-order valence-electron chi connectivity index (χ2n) is 6.94. The van der Waals surface area contributed by atoms with Gasteiger partial charge in [-0.25, -0.2) is 9.78 Å². The first kappa shape index (κ1) is 20.3. The molecular weight excluding hydrogens is 370 g/mol. The topological polar surface area (TPSA) is 101 Å². The van der Waals surface area contributed by atoms with E-state index in [4.69, 9.17) is 0 Å². The molecule has 1 heterocycles. The van der Waals surface area contributed by atoms with Crippen LogP contribution in [0.3, 0.4) is 0 Å². The van der Waals surface area contributed by atoms with Crippen LogP contribution in [0.1, 0.15) is 30.9 Å². The molecule has 1 unspecified atom stereocenters. The summed E-state index contributed by atoms with van der Waals surface area (Å²) in [6.07, 6.45) is 1.57. The minimum Gasteiger partial charge on any atom is -0.479 e. The van der Waals surface area contributed by atoms with Gasteiger partial charge in [0.15, 0.2) is 5.54 Å². The van der Waals surface area contributed by atoms with Gasteiger partial charge in [0.2, 0.25) is 5.91 Å². The van der Waals surface area contributed by atoms with Crippen molar-refractivity contribution in [3.05, 3.63) is 76.3 Å². The van der Waals surface area contributed by atoms with Crippen LogP contribution in [-0.2, 0) is 21.7 Å². The Morgan fingerprint density at radius 1 is 1.14 bits per heavy atom. The van der Waals surface area contributed by atoms with Crippen molar-refractivity contribution in [1.29, 1.82) is 0 Å². The first-order chi connectivity index (χ1) is 13.9. The largest absolute Gasteiger partial charge is 0.479 e. The first-order valence-corrected chi connectivity index (χ1v) is 9.43. The fourth-order valence-corrected chi connectivity index (χ4v) is 3.43. The molecule has 3 aromatic rings. The van der Waals surface area contributed by atoms with E-state index in [1.807, 2.05) is 13.0 Å². The zero-order chi connectivity index (χ0) is 21.0. The summed E-state index contributed by atoms with van der Waals surface area (Å²) < 4.78 is 1.37. The molecule has 0 aliphatic carbocycles. The van der Waals surface area contributed by atoms with Gasteiger partial charge in [0.1, 0.15) is 0 Å². The molecule has 7 nitrogen and oxygen atoms in total. The van der Waals surface area contributed by atoms with Gasteiger partial charge in [-0.05, 0) is 30.5 Å². The third-order valence-corrected chi connectivity index (χ3v) is 5.15. The van der Waals surface area contributed by atoms with E-state index in [0.717, 1.165) is 5.56 Å². The first-order valence-electron chi connectivity index (χ1n) is 9.43. The summed E-state index contributed by atoms with van der Waals surface area (Å²) in [5.74, 6) is -1.58. The lowest BCUT2D eigenvalue weighted by Gasteiger charge is -2.30. The molecule has 2 aromatic carbocycles. The average Bonchev–Trinajstić information content (AvgIpc) is 2.72. The highest BCUT2D eigenvalue weighted by atomic mass is 16.4. The number of carbonyl (C=O) groups is 2. The van der Waals surface area contributed by atoms with Crippen LogP contribution < -0.4 is 10.9 Å². The van der Waals surface area contributed by atoms with Crippen molar-refractivity contribution >= 4 is 22.8 Å². The highest BCUT2D eigenvalue weighted by Gasteiger charge is 2.40. The molecule has 0 saturated carbocycles. The van der Waals surface area contributed by atoms with Crippen LogP contribution in [0.5, 0.6) is 0 Å². The maximum Gasteiger partial charge on any atom is 0.334 e. The Morgan fingerprint density at radius 3 is 2.52 bits per heavy atom. The van der Waals surface area contributed by atoms with Crippen molar-refractivity contribution < 1.29 is 14.7 Å². The number of rotatable bonds is 7. The average molecular weight is 393 g/mol. The quantitative estimate of drug-likeness (QED) is 0.643. The number of nitrogens with one attached hydrogen (secondary N) is 1. The van der Waals surface area contributed by atoms with Crippen molar-refractivity contribution in [3.8, 4) is 0 Å². The molecule has 0 spiro atoms. The normalized spacial score (nSPS) is 13.0. The van der Waals surface area contributed by atoms with Gasteiger partial charge in [-0.1, -0.05) is 49.4 Å². The Hall–Kier alpha value is -3.48. The third kappa shape index (κ3) is 3.89. The van der Waals surface area contributed by atoms with E-state index in [1.165, 1.54) is 10.9 Å². The molecule has 7 heteroatoms. The summed E-state index contributed by atoms with van der Waals surface area (Å²) in [5.41, 5.74) is 0.305. The molecule has 3 rings (SSSR count). The molecular formula is C22H23N3O4. The lowest BCUT2D eigenvalue weighted by Crippen LogP contribution is -2.51. The van der Waals surface area contributed by atoms with Gasteiger partial charge in [0, 0.05) is 13.0 Å². The van der Waals surface area contributed by atoms with Crippen molar-refractivity contribution in [1.82, 2.24) is 14.9 Å². The van der Waals surface area contributed by atoms with Crippen molar-refractivity contribution in [2.24, 2.45) is 0 Å². The number of carboxylic acids is 1. The maximum absolute atomic E-state index is 12.7. The number of para-hydroxylation sites is 1. The molecule has 0 aliphatic heterocycles. The van der Waals surface area contributed by atoms with Crippen LogP contribution in [0.2, 0.25) is 0 Å². The highest BCUT2D eigenvalue weighted by Crippen LogP contribution is 2.25. The Labute approximate surface area is 168 Å². The number of aliphatic carboxylic acids is 1. The summed E-state index contributed by atoms with van der Waals surface area (Å²) in [7, 11) is 0. The number of aryl methyl sites for hydroxylation is 2. The Bertz CT molecular complexity index is 1110. The number of hydrogen-bond acceptors (Lipinski definition) is 4. The Kier molecular flexibility index (Phi) is 5.77. The third-order valence-electron chi connectivity index (χ3n) is 5.15. The number of amides is 1. The molecule has 0 radical (unpaired) electrons. The fourth-order valence-electron chi connectivity index (χ4n) is 3.43. The second-order valence-corrected chi connectivity index (χ2v) is 6.94. The zero-order valence-electron chi connectivity index (χ0n) is 16.4. The lowest BCUT2D eigenvalue weighted by atomic mass is 9.87. The maximum atomic E-state index is 12.7. The Morgan fingerprint density at radius 2 is 1.86 bits per heavy atom. The van der Waals surface area contributed by atoms with Gasteiger partial charge in [-0.15, -0.1) is 0 Å². The van der Waals surface area contributed by atoms with Crippen LogP contribution in [0, 0.1) is 6.92 Å². The van der Waals surface area contributed by atoms with E-state index in [-0.39, 0.29) is 24.9 Å². The summed E-state index contributed by atoms with van der Waals surface area (Å²) in [4.78, 5) is 41.6. The van der Waals surface area contributed by atoms with Crippen molar-refractivity contribution in [3.63, 3.8) is 0 Å². The monoisotopic (exact) mass is 393 g/mol. The standard InChI is InChI=1S/C22H23N3O4/c1-3-22(21(28)29,16-9-5-4-6-10-16)24-18(26)12-13-25-14-23-19-15(2)8-7-11-17(19)20(25)27/h4-11,14H,3,12-13H2,1-2H3,(H,24,26)(H,28,29). The minimum atomic E-state index is -1.51. The number of fused-ring (bicyclic) bond motifs is 1. The lowest BCUT2D eigenvalue weighted by molar-refractivity contribution is -0.148. The van der Waals surface area contributed by atoms with Crippen LogP contribution >= 0.6 is 0 Å². The molecule has 0 saturated heterocycles. The van der Waals surface area contributed by atoms with Crippen LogP contribution in [0.4, 0.5) is 0 Å². The van der Waals surface area contributed by atoms with Crippen LogP contribution in [0.25, 0.3) is 10.9 Å². The molecule has 1 atom stereocenters. The van der Waals surface area contributed by atoms with E-state index in [9.17, 15) is 19.5 Å². The summed E-state index contributed by atoms with van der Waals surface area (Å²) in [6.45, 7) is 3.70. The van der Waals surface area contributed by atoms with Gasteiger partial charge in [-0.2, -0.15) is 0 Å². The van der Waals surface area contributed by atoms with Gasteiger partial charge in [0.25, 0.3) is 5.56 Å². The predicted octanol–water partition coefficient (Wildman–Crippen LogP) is 2.60. The second kappa shape index (κ2) is 8.26. The smallest absolute Gasteiger partial charge is 0.334 e. The van der Waals surface area contributed by atoms with Crippen molar-refractivity contribution in [2.75, 3.05) is 0 Å². The van der Waals surface area contributed by atoms with Crippen molar-refractivity contribution in [2.45, 2.75) is 38.8 Å². The number of carboxylic acid groups (broad SMARTS) is 1. The van der Waals surface area contributed by atoms with Gasteiger partial charge >= 0.3 is 5.97 Å². The number of benzene rings is 2. The molecule has 0 bridgehead atoms. The zero-order valence-corrected chi connectivity index (χ0v) is 16.4. The predicted molar refractivity (Wildman–Crippen MR) is 110 cm³/mol. The van der Waals surface area contributed by atoms with E-state index in [1.54, 1.807) is 49.4 Å². The number of carbonyl (C=O) groups excluding carboxylic acids is 1. The molecule has 150 valence electrons. The summed E-state index contributed by atoms with van der Waals surface area (Å²) in [5, 5.41) is 13.0. The van der Waals surface area contributed by atoms with Gasteiger partial charge in [0.05, 0.1) is 17.2 Å². The minimum absolute atomic E-state index is 0.0409. The number of nitrogens with zero attached hydrogens (tertiary/aromatic N) is 2. The Balaban J connectivity index is 1.80. The van der Waals surface area contributed by atoms with Gasteiger partial charge in [-0.3, -0.25) is 14.2 Å². The summed E-state index contributed by atoms with van der Waals surface area (Å²) in [6, 6.07) is 14.0. The van der Waals surface area contributed by atoms with Gasteiger partial charge < -0.3 is 10.4 Å². The number of aromatic nitrogens is 2. The highest BCUT2D eigenvalue weighted by molar-refractivity contribution is 5.88. The molecule has 0 aliphatic rings.